The predicted octanol–water partition coefficient (Wildman–Crippen LogP) is 3.78. The third kappa shape index (κ3) is 4.60. The quantitative estimate of drug-likeness (QED) is 0.419. The van der Waals surface area contributed by atoms with E-state index >= 15 is 0 Å². The fourth-order valence-electron chi connectivity index (χ4n) is 3.59. The Hall–Kier alpha value is -3.47. The number of sulfonamides is 1. The summed E-state index contributed by atoms with van der Waals surface area (Å²) in [5, 5.41) is 0.811. The van der Waals surface area contributed by atoms with E-state index < -0.39 is 10.0 Å². The van der Waals surface area contributed by atoms with Crippen LogP contribution in [0.2, 0.25) is 0 Å². The van der Waals surface area contributed by atoms with Gasteiger partial charge in [0.25, 0.3) is 5.91 Å². The monoisotopic (exact) mass is 495 g/mol. The summed E-state index contributed by atoms with van der Waals surface area (Å²) in [6.07, 6.45) is 0. The van der Waals surface area contributed by atoms with Crippen molar-refractivity contribution in [1.29, 1.82) is 0 Å². The van der Waals surface area contributed by atoms with Crippen LogP contribution in [0.1, 0.15) is 20.9 Å². The molecule has 0 aliphatic carbocycles. The molecule has 2 heterocycles. The summed E-state index contributed by atoms with van der Waals surface area (Å²) in [6.45, 7) is 0.560. The van der Waals surface area contributed by atoms with Gasteiger partial charge in [0.2, 0.25) is 16.8 Å². The topological polar surface area (TPSA) is 97.8 Å². The number of para-hydroxylation sites is 1. The number of benzene rings is 3. The van der Waals surface area contributed by atoms with Crippen LogP contribution in [0.5, 0.6) is 11.5 Å². The molecule has 1 aliphatic heterocycles. The maximum atomic E-state index is 13.0. The van der Waals surface area contributed by atoms with Gasteiger partial charge in [-0.1, -0.05) is 24.3 Å². The van der Waals surface area contributed by atoms with Crippen molar-refractivity contribution in [3.63, 3.8) is 0 Å². The minimum atomic E-state index is -3.83. The van der Waals surface area contributed by atoms with Crippen LogP contribution in [0, 0.1) is 0 Å². The molecule has 4 aromatic rings. The third-order valence-electron chi connectivity index (χ3n) is 5.35. The van der Waals surface area contributed by atoms with Gasteiger partial charge < -0.3 is 14.4 Å². The number of hydrogen-bond donors (Lipinski definition) is 1. The average Bonchev–Trinajstić information content (AvgIpc) is 3.48. The van der Waals surface area contributed by atoms with Gasteiger partial charge in [-0.2, -0.15) is 0 Å². The van der Waals surface area contributed by atoms with E-state index in [2.05, 4.69) is 9.71 Å². The maximum absolute atomic E-state index is 13.0. The van der Waals surface area contributed by atoms with E-state index in [1.165, 1.54) is 28.4 Å². The lowest BCUT2D eigenvalue weighted by Gasteiger charge is -2.16. The molecule has 10 heteroatoms. The van der Waals surface area contributed by atoms with E-state index in [1.54, 1.807) is 37.4 Å². The number of nitrogens with one attached hydrogen (secondary N) is 1. The largest absolute Gasteiger partial charge is 0.454 e. The van der Waals surface area contributed by atoms with Gasteiger partial charge in [-0.3, -0.25) is 4.79 Å². The van der Waals surface area contributed by atoms with Crippen molar-refractivity contribution in [2.24, 2.45) is 0 Å². The third-order valence-corrected chi connectivity index (χ3v) is 7.77. The fourth-order valence-corrected chi connectivity index (χ4v) is 5.68. The Morgan fingerprint density at radius 1 is 1.06 bits per heavy atom. The Morgan fingerprint density at radius 3 is 2.74 bits per heavy atom. The molecule has 0 spiro atoms. The molecule has 0 bridgehead atoms. The first-order valence-corrected chi connectivity index (χ1v) is 12.8. The first-order valence-electron chi connectivity index (χ1n) is 10.5. The second-order valence-corrected chi connectivity index (χ2v) is 10.7. The van der Waals surface area contributed by atoms with Crippen molar-refractivity contribution in [3.8, 4) is 11.5 Å². The molecule has 0 radical (unpaired) electrons. The number of aromatic nitrogens is 1. The van der Waals surface area contributed by atoms with Crippen molar-refractivity contribution >= 4 is 37.5 Å². The van der Waals surface area contributed by atoms with E-state index in [0.29, 0.717) is 18.0 Å². The smallest absolute Gasteiger partial charge is 0.254 e. The summed E-state index contributed by atoms with van der Waals surface area (Å²) < 4.78 is 40.0. The Labute approximate surface area is 200 Å². The zero-order valence-electron chi connectivity index (χ0n) is 18.2. The number of nitrogens with zero attached hydrogens (tertiary/aromatic N) is 2. The minimum absolute atomic E-state index is 0.0208. The molecule has 0 atom stereocenters. The van der Waals surface area contributed by atoms with E-state index in [-0.39, 0.29) is 29.7 Å². The van der Waals surface area contributed by atoms with Gasteiger partial charge in [-0.15, -0.1) is 11.3 Å². The Morgan fingerprint density at radius 2 is 1.88 bits per heavy atom. The van der Waals surface area contributed by atoms with Crippen LogP contribution in [-0.4, -0.2) is 38.0 Å². The van der Waals surface area contributed by atoms with Crippen molar-refractivity contribution in [2.45, 2.75) is 18.0 Å². The molecule has 0 unspecified atom stereocenters. The summed E-state index contributed by atoms with van der Waals surface area (Å²) in [5.41, 5.74) is 1.91. The summed E-state index contributed by atoms with van der Waals surface area (Å²) in [5.74, 6) is 0.931. The van der Waals surface area contributed by atoms with Crippen LogP contribution in [0.25, 0.3) is 10.2 Å². The number of carbonyl (C=O) groups excluding carboxylic acids is 1. The minimum Gasteiger partial charge on any atom is -0.454 e. The highest BCUT2D eigenvalue weighted by Gasteiger charge is 2.20. The molecule has 0 fully saturated rings. The van der Waals surface area contributed by atoms with Crippen molar-refractivity contribution in [2.75, 3.05) is 13.8 Å². The van der Waals surface area contributed by atoms with E-state index in [0.717, 1.165) is 20.8 Å². The first kappa shape index (κ1) is 22.3. The fraction of sp³-hybridized carbons (Fsp3) is 0.167. The number of amides is 1. The second-order valence-electron chi connectivity index (χ2n) is 7.78. The average molecular weight is 496 g/mol. The standard InChI is InChI=1S/C24H21N3O5S2/c1-27(14-23-26-19-7-2-3-8-22(19)33-23)24(28)17-5-4-6-18(12-17)34(29,30)25-13-16-9-10-20-21(11-16)32-15-31-20/h2-12,25H,13-15H2,1H3. The van der Waals surface area contributed by atoms with Gasteiger partial charge in [0.15, 0.2) is 11.5 Å². The number of thiazole rings is 1. The molecule has 8 nitrogen and oxygen atoms in total. The number of rotatable bonds is 7. The lowest BCUT2D eigenvalue weighted by molar-refractivity contribution is 0.0785. The van der Waals surface area contributed by atoms with Gasteiger partial charge in [-0.05, 0) is 48.0 Å². The van der Waals surface area contributed by atoms with Crippen LogP contribution in [0.4, 0.5) is 0 Å². The summed E-state index contributed by atoms with van der Waals surface area (Å²) in [4.78, 5) is 19.1. The van der Waals surface area contributed by atoms with E-state index in [1.807, 2.05) is 24.3 Å². The van der Waals surface area contributed by atoms with E-state index in [9.17, 15) is 13.2 Å². The van der Waals surface area contributed by atoms with Crippen molar-refractivity contribution in [1.82, 2.24) is 14.6 Å². The number of carbonyl (C=O) groups is 1. The Kier molecular flexibility index (Phi) is 5.94. The Balaban J connectivity index is 1.28. The van der Waals surface area contributed by atoms with E-state index in [4.69, 9.17) is 9.47 Å². The molecule has 5 rings (SSSR count). The van der Waals surface area contributed by atoms with Crippen molar-refractivity contribution in [3.05, 3.63) is 82.9 Å². The highest BCUT2D eigenvalue weighted by molar-refractivity contribution is 7.89. The van der Waals surface area contributed by atoms with Gasteiger partial charge in [-0.25, -0.2) is 18.1 Å². The van der Waals surface area contributed by atoms with Crippen molar-refractivity contribution < 1.29 is 22.7 Å². The Bertz CT molecular complexity index is 1450. The molecule has 0 saturated carbocycles. The van der Waals surface area contributed by atoms with Crippen LogP contribution in [0.15, 0.2) is 71.6 Å². The van der Waals surface area contributed by atoms with Crippen LogP contribution >= 0.6 is 11.3 Å². The molecular weight excluding hydrogens is 474 g/mol. The highest BCUT2D eigenvalue weighted by Crippen LogP contribution is 2.32. The van der Waals surface area contributed by atoms with Gasteiger partial charge in [0.05, 0.1) is 21.7 Å². The molecule has 1 aliphatic rings. The molecule has 1 aromatic heterocycles. The summed E-state index contributed by atoms with van der Waals surface area (Å²) in [7, 11) is -2.16. The maximum Gasteiger partial charge on any atom is 0.254 e. The zero-order chi connectivity index (χ0) is 23.7. The number of ether oxygens (including phenoxy) is 2. The number of fused-ring (bicyclic) bond motifs is 2. The van der Waals surface area contributed by atoms with Gasteiger partial charge in [0.1, 0.15) is 5.01 Å². The molecule has 3 aromatic carbocycles. The lowest BCUT2D eigenvalue weighted by Crippen LogP contribution is -2.27. The normalized spacial score (nSPS) is 12.7. The molecule has 0 saturated heterocycles. The molecule has 1 amide bonds. The van der Waals surface area contributed by atoms with Crippen LogP contribution in [0.3, 0.4) is 0 Å². The molecule has 34 heavy (non-hydrogen) atoms. The highest BCUT2D eigenvalue weighted by atomic mass is 32.2. The van der Waals surface area contributed by atoms with Crippen LogP contribution < -0.4 is 14.2 Å². The summed E-state index contributed by atoms with van der Waals surface area (Å²) in [6, 6.07) is 19.1. The second kappa shape index (κ2) is 9.05. The van der Waals surface area contributed by atoms with Crippen LogP contribution in [-0.2, 0) is 23.1 Å². The SMILES string of the molecule is CN(Cc1nc2ccccc2s1)C(=O)c1cccc(S(=O)(=O)NCc2ccc3c(c2)OCO3)c1. The zero-order valence-corrected chi connectivity index (χ0v) is 19.9. The molecule has 174 valence electrons. The lowest BCUT2D eigenvalue weighted by atomic mass is 10.2. The predicted molar refractivity (Wildman–Crippen MR) is 128 cm³/mol. The number of hydrogen-bond acceptors (Lipinski definition) is 7. The van der Waals surface area contributed by atoms with Gasteiger partial charge in [0, 0.05) is 19.2 Å². The molecular formula is C24H21N3O5S2. The van der Waals surface area contributed by atoms with Gasteiger partial charge >= 0.3 is 0 Å². The molecule has 1 N–H and O–H groups in total. The first-order chi connectivity index (χ1) is 16.4. The summed E-state index contributed by atoms with van der Waals surface area (Å²) >= 11 is 1.53.